The average molecular weight is 244 g/mol. The van der Waals surface area contributed by atoms with Crippen molar-refractivity contribution >= 4 is 11.5 Å². The van der Waals surface area contributed by atoms with Crippen LogP contribution >= 0.6 is 0 Å². The molecule has 0 unspecified atom stereocenters. The maximum Gasteiger partial charge on any atom is 0.228 e. The van der Waals surface area contributed by atoms with Crippen molar-refractivity contribution in [3.63, 3.8) is 0 Å². The highest BCUT2D eigenvalue weighted by molar-refractivity contribution is 5.66. The Kier molecular flexibility index (Phi) is 3.53. The maximum atomic E-state index is 7.19. The molecule has 0 N–H and O–H groups in total. The Labute approximate surface area is 109 Å². The van der Waals surface area contributed by atoms with E-state index in [9.17, 15) is 0 Å². The molecule has 0 saturated carbocycles. The number of rotatable bonds is 1. The van der Waals surface area contributed by atoms with Gasteiger partial charge in [-0.3, -0.25) is 9.88 Å². The van der Waals surface area contributed by atoms with E-state index in [1.165, 1.54) is 0 Å². The number of nitrogens with zero attached hydrogens (tertiary/aromatic N) is 4. The molecule has 4 heteroatoms. The summed E-state index contributed by atoms with van der Waals surface area (Å²) in [6.07, 6.45) is 1.76. The van der Waals surface area contributed by atoms with Crippen molar-refractivity contribution in [1.29, 1.82) is 0 Å². The molecule has 0 bridgehead atoms. The number of aromatic nitrogens is 1. The zero-order valence-corrected chi connectivity index (χ0v) is 11.3. The van der Waals surface area contributed by atoms with E-state index in [4.69, 9.17) is 6.57 Å². The number of pyridine rings is 1. The van der Waals surface area contributed by atoms with Crippen LogP contribution in [0.1, 0.15) is 20.8 Å². The first-order valence-electron chi connectivity index (χ1n) is 6.35. The van der Waals surface area contributed by atoms with E-state index >= 15 is 0 Å². The van der Waals surface area contributed by atoms with Gasteiger partial charge in [-0.25, -0.2) is 4.85 Å². The molecule has 1 fully saturated rings. The van der Waals surface area contributed by atoms with Crippen molar-refractivity contribution in [2.24, 2.45) is 0 Å². The lowest BCUT2D eigenvalue weighted by atomic mass is 10.0. The summed E-state index contributed by atoms with van der Waals surface area (Å²) in [6, 6.07) is 3.66. The summed E-state index contributed by atoms with van der Waals surface area (Å²) in [7, 11) is 0. The lowest BCUT2D eigenvalue weighted by Crippen LogP contribution is -2.53. The van der Waals surface area contributed by atoms with Crippen LogP contribution in [0.4, 0.5) is 11.5 Å². The second kappa shape index (κ2) is 4.95. The minimum atomic E-state index is 0.221. The molecule has 18 heavy (non-hydrogen) atoms. The van der Waals surface area contributed by atoms with Gasteiger partial charge >= 0.3 is 0 Å². The molecule has 0 radical (unpaired) electrons. The van der Waals surface area contributed by atoms with Crippen molar-refractivity contribution < 1.29 is 0 Å². The highest BCUT2D eigenvalue weighted by Crippen LogP contribution is 2.27. The van der Waals surface area contributed by atoms with Gasteiger partial charge in [0.25, 0.3) is 0 Å². The van der Waals surface area contributed by atoms with Crippen LogP contribution in [0.5, 0.6) is 0 Å². The van der Waals surface area contributed by atoms with E-state index in [2.05, 4.69) is 40.4 Å². The van der Waals surface area contributed by atoms with Gasteiger partial charge in [0.05, 0.1) is 6.57 Å². The Morgan fingerprint density at radius 3 is 2.44 bits per heavy atom. The van der Waals surface area contributed by atoms with Crippen LogP contribution in [0.15, 0.2) is 18.3 Å². The average Bonchev–Trinajstić information content (AvgIpc) is 2.38. The molecule has 1 aromatic rings. The van der Waals surface area contributed by atoms with Gasteiger partial charge in [-0.15, -0.1) is 0 Å². The van der Waals surface area contributed by atoms with Gasteiger partial charge in [0, 0.05) is 37.9 Å². The lowest BCUT2D eigenvalue weighted by molar-refractivity contribution is 0.128. The Balaban J connectivity index is 2.09. The van der Waals surface area contributed by atoms with Gasteiger partial charge in [-0.1, -0.05) is 12.1 Å². The predicted octanol–water partition coefficient (Wildman–Crippen LogP) is 2.55. The van der Waals surface area contributed by atoms with Crippen LogP contribution in [0, 0.1) is 6.57 Å². The van der Waals surface area contributed by atoms with Gasteiger partial charge in [-0.2, -0.15) is 0 Å². The molecule has 2 heterocycles. The zero-order valence-electron chi connectivity index (χ0n) is 11.3. The molecule has 0 amide bonds. The molecule has 1 aliphatic heterocycles. The van der Waals surface area contributed by atoms with E-state index in [0.717, 1.165) is 32.0 Å². The van der Waals surface area contributed by atoms with E-state index in [1.807, 2.05) is 12.1 Å². The fourth-order valence-corrected chi connectivity index (χ4v) is 2.31. The second-order valence-electron chi connectivity index (χ2n) is 5.60. The van der Waals surface area contributed by atoms with Crippen molar-refractivity contribution in [2.75, 3.05) is 31.1 Å². The molecule has 1 aliphatic rings. The third-order valence-corrected chi connectivity index (χ3v) is 3.41. The lowest BCUT2D eigenvalue weighted by Gasteiger charge is -2.42. The predicted molar refractivity (Wildman–Crippen MR) is 74.0 cm³/mol. The van der Waals surface area contributed by atoms with E-state index < -0.39 is 0 Å². The fraction of sp³-hybridized carbons (Fsp3) is 0.571. The summed E-state index contributed by atoms with van der Waals surface area (Å²) in [5.41, 5.74) is 0.875. The second-order valence-corrected chi connectivity index (χ2v) is 5.60. The molecule has 1 aromatic heterocycles. The molecular weight excluding hydrogens is 224 g/mol. The first-order chi connectivity index (χ1) is 8.52. The SMILES string of the molecule is [C-]#[N+]c1cccnc1N1CCN(C(C)(C)C)CC1. The quantitative estimate of drug-likeness (QED) is 0.709. The first-order valence-corrected chi connectivity index (χ1v) is 6.35. The molecule has 0 atom stereocenters. The minimum absolute atomic E-state index is 0.221. The largest absolute Gasteiger partial charge is 0.363 e. The van der Waals surface area contributed by atoms with Crippen molar-refractivity contribution in [3.05, 3.63) is 29.7 Å². The summed E-state index contributed by atoms with van der Waals surface area (Å²) >= 11 is 0. The Hall–Kier alpha value is -1.60. The molecule has 0 spiro atoms. The van der Waals surface area contributed by atoms with Gasteiger partial charge < -0.3 is 4.90 Å². The van der Waals surface area contributed by atoms with Crippen molar-refractivity contribution in [3.8, 4) is 0 Å². The van der Waals surface area contributed by atoms with Gasteiger partial charge in [0.15, 0.2) is 0 Å². The minimum Gasteiger partial charge on any atom is -0.363 e. The monoisotopic (exact) mass is 244 g/mol. The number of piperazine rings is 1. The van der Waals surface area contributed by atoms with Crippen LogP contribution in [0.25, 0.3) is 4.85 Å². The topological polar surface area (TPSA) is 23.7 Å². The number of hydrogen-bond acceptors (Lipinski definition) is 3. The highest BCUT2D eigenvalue weighted by atomic mass is 15.3. The fourth-order valence-electron chi connectivity index (χ4n) is 2.31. The maximum absolute atomic E-state index is 7.19. The Morgan fingerprint density at radius 1 is 1.22 bits per heavy atom. The molecule has 2 rings (SSSR count). The van der Waals surface area contributed by atoms with Gasteiger partial charge in [0.1, 0.15) is 5.82 Å². The molecular formula is C14H20N4. The summed E-state index contributed by atoms with van der Waals surface area (Å²) in [6.45, 7) is 17.9. The Morgan fingerprint density at radius 2 is 1.89 bits per heavy atom. The van der Waals surface area contributed by atoms with E-state index in [-0.39, 0.29) is 5.54 Å². The van der Waals surface area contributed by atoms with Crippen LogP contribution in [0.3, 0.4) is 0 Å². The molecule has 0 aliphatic carbocycles. The third-order valence-electron chi connectivity index (χ3n) is 3.41. The van der Waals surface area contributed by atoms with E-state index in [1.54, 1.807) is 6.20 Å². The molecule has 0 aromatic carbocycles. The summed E-state index contributed by atoms with van der Waals surface area (Å²) in [5.74, 6) is 0.834. The normalized spacial score (nSPS) is 17.6. The third kappa shape index (κ3) is 2.62. The highest BCUT2D eigenvalue weighted by Gasteiger charge is 2.26. The smallest absolute Gasteiger partial charge is 0.228 e. The van der Waals surface area contributed by atoms with Crippen molar-refractivity contribution in [2.45, 2.75) is 26.3 Å². The van der Waals surface area contributed by atoms with Crippen LogP contribution in [0.2, 0.25) is 0 Å². The van der Waals surface area contributed by atoms with E-state index in [0.29, 0.717) is 5.69 Å². The van der Waals surface area contributed by atoms with Crippen LogP contribution < -0.4 is 4.90 Å². The van der Waals surface area contributed by atoms with Crippen LogP contribution in [-0.4, -0.2) is 41.6 Å². The zero-order chi connectivity index (χ0) is 13.2. The molecule has 4 nitrogen and oxygen atoms in total. The first kappa shape index (κ1) is 12.8. The van der Waals surface area contributed by atoms with Gasteiger partial charge in [-0.05, 0) is 20.8 Å². The standard InChI is InChI=1S/C14H20N4/c1-14(2,3)18-10-8-17(9-11-18)13-12(15-4)6-5-7-16-13/h5-7H,8-11H2,1-3H3. The Bertz CT molecular complexity index is 448. The molecule has 1 saturated heterocycles. The van der Waals surface area contributed by atoms with Gasteiger partial charge in [0.2, 0.25) is 5.69 Å². The number of hydrogen-bond donors (Lipinski definition) is 0. The summed E-state index contributed by atoms with van der Waals surface area (Å²) in [5, 5.41) is 0. The summed E-state index contributed by atoms with van der Waals surface area (Å²) in [4.78, 5) is 12.6. The summed E-state index contributed by atoms with van der Waals surface area (Å²) < 4.78 is 0. The van der Waals surface area contributed by atoms with Crippen LogP contribution in [-0.2, 0) is 0 Å². The number of anilines is 1. The molecule has 96 valence electrons. The van der Waals surface area contributed by atoms with Crippen molar-refractivity contribution in [1.82, 2.24) is 9.88 Å².